The summed E-state index contributed by atoms with van der Waals surface area (Å²) in [4.78, 5) is 40.3. The summed E-state index contributed by atoms with van der Waals surface area (Å²) in [5, 5.41) is 12.3. The monoisotopic (exact) mass is 630 g/mol. The smallest absolute Gasteiger partial charge is 0.253 e. The number of pyridine rings is 2. The van der Waals surface area contributed by atoms with Crippen LogP contribution >= 0.6 is 11.6 Å². The number of amides is 2. The molecule has 46 heavy (non-hydrogen) atoms. The third-order valence-corrected chi connectivity index (χ3v) is 9.02. The van der Waals surface area contributed by atoms with Crippen molar-refractivity contribution in [3.05, 3.63) is 107 Å². The first-order valence-electron chi connectivity index (χ1n) is 15.3. The first-order chi connectivity index (χ1) is 22.4. The molecule has 0 unspecified atom stereocenters. The number of H-pyrrole nitrogens is 2. The summed E-state index contributed by atoms with van der Waals surface area (Å²) in [6.07, 6.45) is 7.20. The lowest BCUT2D eigenvalue weighted by Crippen LogP contribution is -2.22. The van der Waals surface area contributed by atoms with E-state index in [2.05, 4.69) is 25.6 Å². The average molecular weight is 631 g/mol. The van der Waals surface area contributed by atoms with Crippen molar-refractivity contribution in [2.45, 2.75) is 25.7 Å². The molecule has 2 amide bonds. The quantitative estimate of drug-likeness (QED) is 0.143. The second-order valence-electron chi connectivity index (χ2n) is 11.7. The van der Waals surface area contributed by atoms with Crippen LogP contribution in [0.3, 0.4) is 0 Å². The van der Waals surface area contributed by atoms with Crippen molar-refractivity contribution in [2.75, 3.05) is 13.1 Å². The van der Waals surface area contributed by atoms with Crippen molar-refractivity contribution in [2.24, 2.45) is 0 Å². The van der Waals surface area contributed by atoms with E-state index in [1.54, 1.807) is 12.1 Å². The van der Waals surface area contributed by atoms with Crippen LogP contribution < -0.4 is 10.6 Å². The molecule has 4 N–H and O–H groups in total. The summed E-state index contributed by atoms with van der Waals surface area (Å²) >= 11 is 6.04. The topological polar surface area (TPSA) is 116 Å². The van der Waals surface area contributed by atoms with Gasteiger partial charge in [-0.1, -0.05) is 35.9 Å². The Hall–Kier alpha value is -5.28. The van der Waals surface area contributed by atoms with Crippen molar-refractivity contribution >= 4 is 66.8 Å². The van der Waals surface area contributed by atoms with Gasteiger partial charge in [0, 0.05) is 69.1 Å². The molecule has 7 aromatic rings. The molecule has 228 valence electrons. The fourth-order valence-electron chi connectivity index (χ4n) is 6.58. The van der Waals surface area contributed by atoms with E-state index in [9.17, 15) is 14.0 Å². The lowest BCUT2D eigenvalue weighted by molar-refractivity contribution is 0.0949. The zero-order chi connectivity index (χ0) is 31.4. The molecular weight excluding hydrogens is 603 g/mol. The minimum absolute atomic E-state index is 0.0177. The fraction of sp³-hybridized carbons (Fsp3) is 0.167. The Bertz CT molecular complexity index is 2340. The molecule has 0 saturated heterocycles. The lowest BCUT2D eigenvalue weighted by Gasteiger charge is -2.05. The summed E-state index contributed by atoms with van der Waals surface area (Å²) in [7, 11) is 0. The molecule has 0 bridgehead atoms. The fourth-order valence-corrected chi connectivity index (χ4v) is 6.75. The van der Waals surface area contributed by atoms with Gasteiger partial charge in [0.2, 0.25) is 0 Å². The van der Waals surface area contributed by atoms with Crippen LogP contribution in [0.25, 0.3) is 54.6 Å². The van der Waals surface area contributed by atoms with Crippen LogP contribution in [0.1, 0.15) is 44.9 Å². The molecule has 2 aliphatic rings. The van der Waals surface area contributed by atoms with Gasteiger partial charge in [0.15, 0.2) is 0 Å². The third-order valence-electron chi connectivity index (χ3n) is 8.80. The Morgan fingerprint density at radius 3 is 2.33 bits per heavy atom. The van der Waals surface area contributed by atoms with Crippen molar-refractivity contribution in [3.63, 3.8) is 0 Å². The van der Waals surface area contributed by atoms with Gasteiger partial charge in [0.05, 0.1) is 33.5 Å². The zero-order valence-corrected chi connectivity index (χ0v) is 25.4. The molecule has 2 aliphatic heterocycles. The molecule has 8 nitrogen and oxygen atoms in total. The molecule has 0 aliphatic carbocycles. The van der Waals surface area contributed by atoms with Gasteiger partial charge in [0.25, 0.3) is 11.8 Å². The molecule has 4 aromatic heterocycles. The number of fused-ring (bicyclic) bond motifs is 10. The van der Waals surface area contributed by atoms with Gasteiger partial charge in [-0.25, -0.2) is 4.39 Å². The maximum atomic E-state index is 13.2. The number of nitrogens with one attached hydrogen (secondary N) is 4. The van der Waals surface area contributed by atoms with Crippen molar-refractivity contribution in [1.29, 1.82) is 0 Å². The Morgan fingerprint density at radius 2 is 1.50 bits per heavy atom. The highest BCUT2D eigenvalue weighted by Gasteiger charge is 2.23. The molecule has 0 saturated carbocycles. The molecule has 10 heteroatoms. The largest absolute Gasteiger partial charge is 0.357 e. The van der Waals surface area contributed by atoms with Crippen LogP contribution in [0, 0.1) is 5.82 Å². The van der Waals surface area contributed by atoms with Crippen LogP contribution in [0.4, 0.5) is 4.39 Å². The number of nitrogens with zero attached hydrogens (tertiary/aromatic N) is 2. The maximum Gasteiger partial charge on any atom is 0.253 e. The Labute approximate surface area is 267 Å². The van der Waals surface area contributed by atoms with E-state index in [1.165, 1.54) is 12.1 Å². The first kappa shape index (κ1) is 28.2. The Morgan fingerprint density at radius 1 is 0.761 bits per heavy atom. The minimum Gasteiger partial charge on any atom is -0.357 e. The average Bonchev–Trinajstić information content (AvgIpc) is 3.51. The standard InChI is InChI=1S/C21H16FN3O.C15H12ClN3O/c22-14-6-3-12(4-7-14)18-10-16-13(11-24-18)5-8-15-19-17(25-20(15)16)2-1-9-23-21(19)26;16-12-6-10-8(7-18-12)3-4-9-13-11(19-14(9)10)2-1-5-17-15(13)20/h3-8,10-11,25H,1-2,9H2,(H,23,26);3-4,6-7,18H,1-2,5H2,(H,17,20). The summed E-state index contributed by atoms with van der Waals surface area (Å²) in [6.45, 7) is 1.42. The second kappa shape index (κ2) is 11.3. The molecular formula is C36H28ClFN6O2. The minimum atomic E-state index is -0.268. The number of aryl methyl sites for hydroxylation is 2. The summed E-state index contributed by atoms with van der Waals surface area (Å²) < 4.78 is 13.2. The highest BCUT2D eigenvalue weighted by Crippen LogP contribution is 2.33. The molecule has 6 heterocycles. The summed E-state index contributed by atoms with van der Waals surface area (Å²) in [5.41, 5.74) is 6.81. The Balaban J connectivity index is 0.000000140. The van der Waals surface area contributed by atoms with E-state index >= 15 is 0 Å². The number of rotatable bonds is 1. The predicted octanol–water partition coefficient (Wildman–Crippen LogP) is 7.24. The first-order valence-corrected chi connectivity index (χ1v) is 15.7. The number of aromatic amines is 2. The summed E-state index contributed by atoms with van der Waals surface area (Å²) in [5.74, 6) is -0.306. The van der Waals surface area contributed by atoms with E-state index in [0.717, 1.165) is 103 Å². The Kier molecular flexibility index (Phi) is 6.91. The van der Waals surface area contributed by atoms with Crippen LogP contribution in [0.15, 0.2) is 73.1 Å². The maximum absolute atomic E-state index is 13.2. The number of carbonyl (C=O) groups excluding carboxylic acids is 2. The molecule has 3 aromatic carbocycles. The summed E-state index contributed by atoms with van der Waals surface area (Å²) in [6, 6.07) is 18.1. The van der Waals surface area contributed by atoms with Gasteiger partial charge in [-0.15, -0.1) is 0 Å². The third kappa shape index (κ3) is 4.84. The second-order valence-corrected chi connectivity index (χ2v) is 12.1. The van der Waals surface area contributed by atoms with Gasteiger partial charge >= 0.3 is 0 Å². The molecule has 0 fully saturated rings. The highest BCUT2D eigenvalue weighted by atomic mass is 35.5. The van der Waals surface area contributed by atoms with Crippen molar-refractivity contribution in [1.82, 2.24) is 30.6 Å². The van der Waals surface area contributed by atoms with Crippen LogP contribution in [0.5, 0.6) is 0 Å². The molecule has 9 rings (SSSR count). The van der Waals surface area contributed by atoms with Crippen LogP contribution in [0.2, 0.25) is 5.15 Å². The normalized spacial score (nSPS) is 14.7. The highest BCUT2D eigenvalue weighted by molar-refractivity contribution is 6.30. The van der Waals surface area contributed by atoms with Gasteiger partial charge in [-0.05, 0) is 62.1 Å². The number of aromatic nitrogens is 4. The van der Waals surface area contributed by atoms with Gasteiger partial charge < -0.3 is 20.6 Å². The van der Waals surface area contributed by atoms with Gasteiger partial charge in [-0.3, -0.25) is 19.6 Å². The van der Waals surface area contributed by atoms with E-state index in [-0.39, 0.29) is 17.6 Å². The molecule has 0 atom stereocenters. The molecule has 0 spiro atoms. The van der Waals surface area contributed by atoms with E-state index in [4.69, 9.17) is 16.6 Å². The van der Waals surface area contributed by atoms with Gasteiger partial charge in [-0.2, -0.15) is 0 Å². The number of halogens is 2. The van der Waals surface area contributed by atoms with Crippen LogP contribution in [-0.2, 0) is 12.8 Å². The number of benzene rings is 3. The van der Waals surface area contributed by atoms with Crippen LogP contribution in [-0.4, -0.2) is 44.8 Å². The number of hydrogen-bond donors (Lipinski definition) is 4. The van der Waals surface area contributed by atoms with Gasteiger partial charge in [0.1, 0.15) is 11.0 Å². The SMILES string of the molecule is O=C1NCCCc2[nH]c3c(ccc4cnc(-c5ccc(F)cc5)cc43)c21.O=C1NCCCc2nc3c(ccc4c[nH]c(Cl)cc43)c21. The predicted molar refractivity (Wildman–Crippen MR) is 179 cm³/mol. The van der Waals surface area contributed by atoms with E-state index < -0.39 is 0 Å². The van der Waals surface area contributed by atoms with Crippen molar-refractivity contribution < 1.29 is 14.0 Å². The zero-order valence-electron chi connectivity index (χ0n) is 24.6. The van der Waals surface area contributed by atoms with Crippen molar-refractivity contribution in [3.8, 4) is 11.3 Å². The van der Waals surface area contributed by atoms with E-state index in [0.29, 0.717) is 18.2 Å². The molecule has 0 radical (unpaired) electrons. The number of hydrogen-bond acceptors (Lipinski definition) is 4. The lowest BCUT2D eigenvalue weighted by atomic mass is 10.0. The van der Waals surface area contributed by atoms with E-state index in [1.807, 2.05) is 48.8 Å². The number of carbonyl (C=O) groups is 2.